The van der Waals surface area contributed by atoms with Crippen molar-refractivity contribution in [3.8, 4) is 0 Å². The van der Waals surface area contributed by atoms with Gasteiger partial charge in [-0.2, -0.15) is 0 Å². The van der Waals surface area contributed by atoms with Crippen LogP contribution in [0.25, 0.3) is 22.0 Å². The van der Waals surface area contributed by atoms with Gasteiger partial charge in [0.15, 0.2) is 0 Å². The Morgan fingerprint density at radius 2 is 1.50 bits per heavy atom. The fraction of sp³-hybridized carbons (Fsp3) is 0. The summed E-state index contributed by atoms with van der Waals surface area (Å²) < 4.78 is 0. The quantitative estimate of drug-likeness (QED) is 0.712. The van der Waals surface area contributed by atoms with Crippen molar-refractivity contribution in [3.05, 3.63) is 71.9 Å². The number of carbonyl (C=O) groups excluding carboxylic acids is 2. The van der Waals surface area contributed by atoms with E-state index in [-0.39, 0.29) is 11.8 Å². The van der Waals surface area contributed by atoms with Crippen LogP contribution in [0.3, 0.4) is 0 Å². The number of aromatic amines is 1. The molecular weight excluding hydrogens is 276 g/mol. The summed E-state index contributed by atoms with van der Waals surface area (Å²) in [6.45, 7) is 0. The van der Waals surface area contributed by atoms with Gasteiger partial charge in [-0.05, 0) is 23.3 Å². The molecule has 0 saturated carbocycles. The second-order valence-corrected chi connectivity index (χ2v) is 5.14. The Morgan fingerprint density at radius 3 is 2.32 bits per heavy atom. The third kappa shape index (κ3) is 1.78. The number of hydrogen-bond acceptors (Lipinski definition) is 2. The number of aromatic nitrogens is 1. The highest BCUT2D eigenvalue weighted by Gasteiger charge is 2.32. The lowest BCUT2D eigenvalue weighted by Crippen LogP contribution is -2.22. The van der Waals surface area contributed by atoms with Gasteiger partial charge in [0.1, 0.15) is 0 Å². The minimum atomic E-state index is -0.349. The molecule has 4 heteroatoms. The van der Waals surface area contributed by atoms with E-state index >= 15 is 0 Å². The zero-order valence-corrected chi connectivity index (χ0v) is 11.6. The van der Waals surface area contributed by atoms with Gasteiger partial charge in [0.25, 0.3) is 11.8 Å². The van der Waals surface area contributed by atoms with Crippen LogP contribution in [-0.2, 0) is 9.59 Å². The second kappa shape index (κ2) is 4.70. The molecule has 0 aliphatic carbocycles. The SMILES string of the molecule is O=C1NC(=O)C(c2cccc3[nH]ccc23)=C1c1ccccc1. The average molecular weight is 288 g/mol. The topological polar surface area (TPSA) is 62.0 Å². The molecule has 0 unspecified atom stereocenters. The molecule has 106 valence electrons. The minimum absolute atomic E-state index is 0.348. The lowest BCUT2D eigenvalue weighted by molar-refractivity contribution is -0.122. The Hall–Kier alpha value is -3.14. The predicted molar refractivity (Wildman–Crippen MR) is 84.7 cm³/mol. The lowest BCUT2D eigenvalue weighted by Gasteiger charge is -2.06. The normalized spacial score (nSPS) is 14.7. The average Bonchev–Trinajstić information content (AvgIpc) is 3.12. The van der Waals surface area contributed by atoms with Crippen LogP contribution in [0, 0.1) is 0 Å². The van der Waals surface area contributed by atoms with Gasteiger partial charge < -0.3 is 4.98 Å². The number of rotatable bonds is 2. The van der Waals surface area contributed by atoms with Gasteiger partial charge in [-0.3, -0.25) is 14.9 Å². The van der Waals surface area contributed by atoms with Crippen LogP contribution in [0.4, 0.5) is 0 Å². The monoisotopic (exact) mass is 288 g/mol. The molecule has 0 fully saturated rings. The van der Waals surface area contributed by atoms with Crippen molar-refractivity contribution in [2.24, 2.45) is 0 Å². The number of benzene rings is 2. The molecule has 0 atom stereocenters. The van der Waals surface area contributed by atoms with Crippen molar-refractivity contribution in [1.82, 2.24) is 10.3 Å². The Balaban J connectivity index is 2.05. The van der Waals surface area contributed by atoms with E-state index in [2.05, 4.69) is 10.3 Å². The van der Waals surface area contributed by atoms with Crippen LogP contribution in [-0.4, -0.2) is 16.8 Å². The van der Waals surface area contributed by atoms with E-state index in [1.807, 2.05) is 60.8 Å². The number of nitrogens with one attached hydrogen (secondary N) is 2. The van der Waals surface area contributed by atoms with E-state index in [9.17, 15) is 9.59 Å². The Kier molecular flexibility index (Phi) is 2.69. The molecule has 1 aliphatic rings. The van der Waals surface area contributed by atoms with E-state index in [4.69, 9.17) is 0 Å². The van der Waals surface area contributed by atoms with Crippen LogP contribution in [0.15, 0.2) is 60.8 Å². The lowest BCUT2D eigenvalue weighted by atomic mass is 9.94. The van der Waals surface area contributed by atoms with Gasteiger partial charge in [-0.25, -0.2) is 0 Å². The maximum atomic E-state index is 12.3. The van der Waals surface area contributed by atoms with Crippen LogP contribution < -0.4 is 5.32 Å². The zero-order valence-electron chi connectivity index (χ0n) is 11.6. The van der Waals surface area contributed by atoms with Crippen molar-refractivity contribution in [2.75, 3.05) is 0 Å². The predicted octanol–water partition coefficient (Wildman–Crippen LogP) is 2.74. The van der Waals surface area contributed by atoms with E-state index in [1.165, 1.54) is 0 Å². The molecular formula is C18H12N2O2. The summed E-state index contributed by atoms with van der Waals surface area (Å²) in [6.07, 6.45) is 1.82. The fourth-order valence-electron chi connectivity index (χ4n) is 2.90. The molecule has 0 saturated heterocycles. The molecule has 2 heterocycles. The van der Waals surface area contributed by atoms with Gasteiger partial charge in [0, 0.05) is 17.1 Å². The second-order valence-electron chi connectivity index (χ2n) is 5.14. The van der Waals surface area contributed by atoms with Gasteiger partial charge >= 0.3 is 0 Å². The Bertz CT molecular complexity index is 936. The van der Waals surface area contributed by atoms with Crippen molar-refractivity contribution in [3.63, 3.8) is 0 Å². The summed E-state index contributed by atoms with van der Waals surface area (Å²) in [5.41, 5.74) is 3.31. The molecule has 22 heavy (non-hydrogen) atoms. The van der Waals surface area contributed by atoms with E-state index in [0.717, 1.165) is 22.0 Å². The molecule has 0 radical (unpaired) electrons. The number of fused-ring (bicyclic) bond motifs is 1. The zero-order chi connectivity index (χ0) is 15.1. The van der Waals surface area contributed by atoms with Crippen LogP contribution in [0.1, 0.15) is 11.1 Å². The number of amides is 2. The Labute approximate surface area is 126 Å². The van der Waals surface area contributed by atoms with Crippen LogP contribution >= 0.6 is 0 Å². The smallest absolute Gasteiger partial charge is 0.259 e. The number of carbonyl (C=O) groups is 2. The maximum Gasteiger partial charge on any atom is 0.259 e. The molecule has 2 N–H and O–H groups in total. The van der Waals surface area contributed by atoms with Crippen molar-refractivity contribution >= 4 is 33.9 Å². The first-order chi connectivity index (χ1) is 10.8. The summed E-state index contributed by atoms with van der Waals surface area (Å²) in [5.74, 6) is -0.698. The van der Waals surface area contributed by atoms with E-state index in [0.29, 0.717) is 11.1 Å². The van der Waals surface area contributed by atoms with Crippen molar-refractivity contribution in [2.45, 2.75) is 0 Å². The summed E-state index contributed by atoms with van der Waals surface area (Å²) in [5, 5.41) is 3.34. The summed E-state index contributed by atoms with van der Waals surface area (Å²) in [7, 11) is 0. The molecule has 0 spiro atoms. The number of H-pyrrole nitrogens is 1. The van der Waals surface area contributed by atoms with E-state index < -0.39 is 0 Å². The van der Waals surface area contributed by atoms with Crippen molar-refractivity contribution < 1.29 is 9.59 Å². The first-order valence-corrected chi connectivity index (χ1v) is 6.97. The molecule has 4 nitrogen and oxygen atoms in total. The summed E-state index contributed by atoms with van der Waals surface area (Å²) >= 11 is 0. The van der Waals surface area contributed by atoms with Gasteiger partial charge in [-0.1, -0.05) is 42.5 Å². The standard InChI is InChI=1S/C18H12N2O2/c21-17-15(11-5-2-1-3-6-11)16(18(22)20-17)13-7-4-8-14-12(13)9-10-19-14/h1-10,19H,(H,20,21,22). The summed E-state index contributed by atoms with van der Waals surface area (Å²) in [6, 6.07) is 16.9. The largest absolute Gasteiger partial charge is 0.361 e. The minimum Gasteiger partial charge on any atom is -0.361 e. The third-order valence-electron chi connectivity index (χ3n) is 3.86. The molecule has 3 aromatic rings. The summed E-state index contributed by atoms with van der Waals surface area (Å²) in [4.78, 5) is 27.7. The molecule has 2 aromatic carbocycles. The Morgan fingerprint density at radius 1 is 0.727 bits per heavy atom. The van der Waals surface area contributed by atoms with Crippen LogP contribution in [0.2, 0.25) is 0 Å². The molecule has 4 rings (SSSR count). The fourth-order valence-corrected chi connectivity index (χ4v) is 2.90. The molecule has 1 aromatic heterocycles. The molecule has 1 aliphatic heterocycles. The third-order valence-corrected chi connectivity index (χ3v) is 3.86. The highest BCUT2D eigenvalue weighted by Crippen LogP contribution is 2.34. The van der Waals surface area contributed by atoms with Gasteiger partial charge in [0.05, 0.1) is 11.1 Å². The number of hydrogen-bond donors (Lipinski definition) is 2. The number of imide groups is 1. The van der Waals surface area contributed by atoms with Gasteiger partial charge in [-0.15, -0.1) is 0 Å². The van der Waals surface area contributed by atoms with Crippen molar-refractivity contribution in [1.29, 1.82) is 0 Å². The highest BCUT2D eigenvalue weighted by atomic mass is 16.2. The molecule has 2 amide bonds. The van der Waals surface area contributed by atoms with Gasteiger partial charge in [0.2, 0.25) is 0 Å². The molecule has 0 bridgehead atoms. The van der Waals surface area contributed by atoms with E-state index in [1.54, 1.807) is 0 Å². The highest BCUT2D eigenvalue weighted by molar-refractivity contribution is 6.50. The first-order valence-electron chi connectivity index (χ1n) is 6.97. The maximum absolute atomic E-state index is 12.3. The first kappa shape index (κ1) is 12.6. The van der Waals surface area contributed by atoms with Crippen LogP contribution in [0.5, 0.6) is 0 Å².